The van der Waals surface area contributed by atoms with Gasteiger partial charge in [-0.2, -0.15) is 13.2 Å². The van der Waals surface area contributed by atoms with Crippen molar-refractivity contribution in [2.45, 2.75) is 57.9 Å². The fourth-order valence-corrected chi connectivity index (χ4v) is 5.31. The van der Waals surface area contributed by atoms with Gasteiger partial charge in [0.15, 0.2) is 5.58 Å². The standard InChI is InChI=1S/C30H35F3N4O4/c1-29(2,3)41-28(39)37-12-10-21(11-13-37)22-6-9-24-25(18-22)40-26(34-24)27(38)36-16-14-35(15-17-36)19-20-4-7-23(8-5-20)30(31,32)33/h4-9,18,21H,10-17,19H2,1-3H3. The van der Waals surface area contributed by atoms with E-state index in [0.717, 1.165) is 36.1 Å². The normalized spacial score (nSPS) is 17.7. The van der Waals surface area contributed by atoms with Crippen LogP contribution >= 0.6 is 0 Å². The third-order valence-corrected chi connectivity index (χ3v) is 7.56. The summed E-state index contributed by atoms with van der Waals surface area (Å²) in [5, 5.41) is 0. The Labute approximate surface area is 237 Å². The number of alkyl halides is 3. The number of fused-ring (bicyclic) bond motifs is 1. The first-order chi connectivity index (χ1) is 19.4. The fourth-order valence-electron chi connectivity index (χ4n) is 5.31. The van der Waals surface area contributed by atoms with Gasteiger partial charge in [0, 0.05) is 45.8 Å². The lowest BCUT2D eigenvalue weighted by Gasteiger charge is -2.34. The number of benzene rings is 2. The number of piperazine rings is 1. The zero-order chi connectivity index (χ0) is 29.4. The van der Waals surface area contributed by atoms with E-state index in [2.05, 4.69) is 9.88 Å². The van der Waals surface area contributed by atoms with Gasteiger partial charge in [-0.3, -0.25) is 9.69 Å². The number of carbonyl (C=O) groups excluding carboxylic acids is 2. The Morgan fingerprint density at radius 1 is 0.927 bits per heavy atom. The predicted molar refractivity (Wildman–Crippen MR) is 146 cm³/mol. The summed E-state index contributed by atoms with van der Waals surface area (Å²) < 4.78 is 49.8. The van der Waals surface area contributed by atoms with Crippen LogP contribution in [-0.4, -0.2) is 76.6 Å². The molecule has 41 heavy (non-hydrogen) atoms. The number of amides is 2. The molecule has 220 valence electrons. The zero-order valence-corrected chi connectivity index (χ0v) is 23.5. The molecule has 3 heterocycles. The number of halogens is 3. The van der Waals surface area contributed by atoms with Crippen molar-refractivity contribution in [3.05, 3.63) is 65.0 Å². The fraction of sp³-hybridized carbons (Fsp3) is 0.500. The first kappa shape index (κ1) is 28.9. The summed E-state index contributed by atoms with van der Waals surface area (Å²) in [6.45, 7) is 9.45. The van der Waals surface area contributed by atoms with Crippen molar-refractivity contribution in [3.63, 3.8) is 0 Å². The number of piperidine rings is 1. The zero-order valence-electron chi connectivity index (χ0n) is 23.5. The molecular formula is C30H35F3N4O4. The van der Waals surface area contributed by atoms with Crippen molar-refractivity contribution in [3.8, 4) is 0 Å². The Balaban J connectivity index is 1.15. The van der Waals surface area contributed by atoms with E-state index in [9.17, 15) is 22.8 Å². The third-order valence-electron chi connectivity index (χ3n) is 7.56. The summed E-state index contributed by atoms with van der Waals surface area (Å²) in [6.07, 6.45) is -3.02. The van der Waals surface area contributed by atoms with Crippen LogP contribution in [0.1, 0.15) is 66.9 Å². The smallest absolute Gasteiger partial charge is 0.416 e. The van der Waals surface area contributed by atoms with Gasteiger partial charge in [0.1, 0.15) is 11.1 Å². The highest BCUT2D eigenvalue weighted by atomic mass is 19.4. The second-order valence-electron chi connectivity index (χ2n) is 11.8. The second kappa shape index (κ2) is 11.3. The Hall–Kier alpha value is -3.60. The van der Waals surface area contributed by atoms with Gasteiger partial charge in [-0.25, -0.2) is 9.78 Å². The molecule has 0 atom stereocenters. The van der Waals surface area contributed by atoms with E-state index >= 15 is 0 Å². The van der Waals surface area contributed by atoms with Gasteiger partial charge in [0.2, 0.25) is 0 Å². The number of oxazole rings is 1. The van der Waals surface area contributed by atoms with Crippen LogP contribution in [0.4, 0.5) is 18.0 Å². The summed E-state index contributed by atoms with van der Waals surface area (Å²) in [7, 11) is 0. The molecule has 0 N–H and O–H groups in total. The van der Waals surface area contributed by atoms with Crippen LogP contribution in [0, 0.1) is 0 Å². The highest BCUT2D eigenvalue weighted by Gasteiger charge is 2.31. The van der Waals surface area contributed by atoms with Gasteiger partial charge in [0.25, 0.3) is 5.89 Å². The molecule has 3 aromatic rings. The molecule has 2 fully saturated rings. The van der Waals surface area contributed by atoms with E-state index in [1.54, 1.807) is 9.80 Å². The van der Waals surface area contributed by atoms with Gasteiger partial charge in [-0.15, -0.1) is 0 Å². The van der Waals surface area contributed by atoms with Crippen LogP contribution < -0.4 is 0 Å². The van der Waals surface area contributed by atoms with Crippen LogP contribution in [0.15, 0.2) is 46.9 Å². The molecule has 2 aliphatic heterocycles. The van der Waals surface area contributed by atoms with E-state index in [0.29, 0.717) is 56.9 Å². The Morgan fingerprint density at radius 3 is 2.20 bits per heavy atom. The Bertz CT molecular complexity index is 1380. The van der Waals surface area contributed by atoms with Gasteiger partial charge in [-0.05, 0) is 74.9 Å². The van der Waals surface area contributed by atoms with Gasteiger partial charge in [-0.1, -0.05) is 18.2 Å². The number of ether oxygens (including phenoxy) is 1. The molecular weight excluding hydrogens is 537 g/mol. The van der Waals surface area contributed by atoms with E-state index < -0.39 is 17.3 Å². The first-order valence-corrected chi connectivity index (χ1v) is 13.9. The maximum atomic E-state index is 13.1. The van der Waals surface area contributed by atoms with Crippen molar-refractivity contribution >= 4 is 23.1 Å². The summed E-state index contributed by atoms with van der Waals surface area (Å²) in [5.74, 6) is 0.0377. The molecule has 5 rings (SSSR count). The van der Waals surface area contributed by atoms with Gasteiger partial charge >= 0.3 is 18.2 Å². The average Bonchev–Trinajstić information content (AvgIpc) is 3.36. The number of hydrogen-bond acceptors (Lipinski definition) is 6. The quantitative estimate of drug-likeness (QED) is 0.386. The van der Waals surface area contributed by atoms with Crippen molar-refractivity contribution in [1.82, 2.24) is 19.7 Å². The highest BCUT2D eigenvalue weighted by molar-refractivity contribution is 5.92. The molecule has 2 aliphatic rings. The molecule has 0 bridgehead atoms. The maximum absolute atomic E-state index is 13.1. The molecule has 2 aromatic carbocycles. The summed E-state index contributed by atoms with van der Waals surface area (Å²) >= 11 is 0. The lowest BCUT2D eigenvalue weighted by molar-refractivity contribution is -0.137. The van der Waals surface area contributed by atoms with Crippen molar-refractivity contribution in [2.75, 3.05) is 39.3 Å². The molecule has 0 aliphatic carbocycles. The Morgan fingerprint density at radius 2 is 1.59 bits per heavy atom. The second-order valence-corrected chi connectivity index (χ2v) is 11.8. The number of aromatic nitrogens is 1. The molecule has 11 heteroatoms. The third kappa shape index (κ3) is 7.01. The molecule has 8 nitrogen and oxygen atoms in total. The lowest BCUT2D eigenvalue weighted by Crippen LogP contribution is -2.48. The van der Waals surface area contributed by atoms with Crippen molar-refractivity contribution < 1.29 is 31.9 Å². The minimum absolute atomic E-state index is 0.0492. The number of rotatable bonds is 4. The van der Waals surface area contributed by atoms with E-state index in [1.165, 1.54) is 12.1 Å². The van der Waals surface area contributed by atoms with Crippen LogP contribution in [0.2, 0.25) is 0 Å². The number of carbonyl (C=O) groups is 2. The van der Waals surface area contributed by atoms with E-state index in [1.807, 2.05) is 39.0 Å². The van der Waals surface area contributed by atoms with Crippen LogP contribution in [0.5, 0.6) is 0 Å². The molecule has 0 spiro atoms. The number of hydrogen-bond donors (Lipinski definition) is 0. The molecule has 0 saturated carbocycles. The van der Waals surface area contributed by atoms with Gasteiger partial charge in [0.05, 0.1) is 5.56 Å². The van der Waals surface area contributed by atoms with Crippen LogP contribution in [-0.2, 0) is 17.5 Å². The SMILES string of the molecule is CC(C)(C)OC(=O)N1CCC(c2ccc3nc(C(=O)N4CCN(Cc5ccc(C(F)(F)F)cc5)CC4)oc3c2)CC1. The molecule has 0 unspecified atom stereocenters. The summed E-state index contributed by atoms with van der Waals surface area (Å²) in [4.78, 5) is 35.5. The Kier molecular flexibility index (Phi) is 8.00. The lowest BCUT2D eigenvalue weighted by atomic mass is 9.89. The van der Waals surface area contributed by atoms with E-state index in [-0.39, 0.29) is 23.8 Å². The summed E-state index contributed by atoms with van der Waals surface area (Å²) in [6, 6.07) is 11.0. The maximum Gasteiger partial charge on any atom is 0.416 e. The number of likely N-dealkylation sites (tertiary alicyclic amines) is 1. The summed E-state index contributed by atoms with van der Waals surface area (Å²) in [5.41, 5.74) is 1.87. The van der Waals surface area contributed by atoms with Crippen LogP contribution in [0.3, 0.4) is 0 Å². The van der Waals surface area contributed by atoms with Crippen molar-refractivity contribution in [1.29, 1.82) is 0 Å². The topological polar surface area (TPSA) is 79.1 Å². The minimum Gasteiger partial charge on any atom is -0.444 e. The largest absolute Gasteiger partial charge is 0.444 e. The minimum atomic E-state index is -4.35. The predicted octanol–water partition coefficient (Wildman–Crippen LogP) is 5.92. The molecule has 1 aromatic heterocycles. The monoisotopic (exact) mass is 572 g/mol. The first-order valence-electron chi connectivity index (χ1n) is 13.9. The molecule has 0 radical (unpaired) electrons. The van der Waals surface area contributed by atoms with E-state index in [4.69, 9.17) is 9.15 Å². The molecule has 2 saturated heterocycles. The molecule has 2 amide bonds. The number of nitrogens with zero attached hydrogens (tertiary/aromatic N) is 4. The average molecular weight is 573 g/mol. The van der Waals surface area contributed by atoms with Crippen LogP contribution in [0.25, 0.3) is 11.1 Å². The van der Waals surface area contributed by atoms with Crippen molar-refractivity contribution in [2.24, 2.45) is 0 Å². The highest BCUT2D eigenvalue weighted by Crippen LogP contribution is 2.32. The van der Waals surface area contributed by atoms with Gasteiger partial charge < -0.3 is 19.0 Å².